The molecule has 0 atom stereocenters. The highest BCUT2D eigenvalue weighted by atomic mass is 32.2. The number of sulfonamides is 1. The van der Waals surface area contributed by atoms with Crippen molar-refractivity contribution < 1.29 is 13.2 Å². The number of aromatic nitrogens is 1. The summed E-state index contributed by atoms with van der Waals surface area (Å²) in [6.45, 7) is 2.49. The zero-order chi connectivity index (χ0) is 18.7. The van der Waals surface area contributed by atoms with E-state index < -0.39 is 10.0 Å². The van der Waals surface area contributed by atoms with E-state index in [1.807, 2.05) is 13.0 Å². The van der Waals surface area contributed by atoms with Crippen LogP contribution < -0.4 is 5.32 Å². The second kappa shape index (κ2) is 7.53. The summed E-state index contributed by atoms with van der Waals surface area (Å²) in [5.74, 6) is -0.346. The molecule has 0 spiro atoms. The summed E-state index contributed by atoms with van der Waals surface area (Å²) in [6, 6.07) is 7.83. The van der Waals surface area contributed by atoms with E-state index in [0.29, 0.717) is 23.5 Å². The van der Waals surface area contributed by atoms with Crippen LogP contribution in [0.4, 0.5) is 5.13 Å². The molecule has 0 aliphatic carbocycles. The van der Waals surface area contributed by atoms with Crippen LogP contribution in [0, 0.1) is 24.2 Å². The molecule has 1 amide bonds. The van der Waals surface area contributed by atoms with Crippen LogP contribution in [0.5, 0.6) is 0 Å². The van der Waals surface area contributed by atoms with Crippen LogP contribution in [0.25, 0.3) is 0 Å². The lowest BCUT2D eigenvalue weighted by atomic mass is 9.97. The van der Waals surface area contributed by atoms with E-state index >= 15 is 0 Å². The van der Waals surface area contributed by atoms with Gasteiger partial charge >= 0.3 is 0 Å². The summed E-state index contributed by atoms with van der Waals surface area (Å²) in [5.41, 5.74) is 0.414. The second-order valence-corrected chi connectivity index (χ2v) is 9.25. The third-order valence-electron chi connectivity index (χ3n) is 4.30. The number of hydrogen-bond donors (Lipinski definition) is 1. The normalized spacial score (nSPS) is 16.2. The number of nitrogens with one attached hydrogen (secondary N) is 1. The Morgan fingerprint density at radius 2 is 1.96 bits per heavy atom. The summed E-state index contributed by atoms with van der Waals surface area (Å²) in [6.07, 6.45) is 2.63. The summed E-state index contributed by atoms with van der Waals surface area (Å²) < 4.78 is 26.8. The van der Waals surface area contributed by atoms with Crippen LogP contribution in [0.15, 0.2) is 35.4 Å². The molecule has 7 nitrogen and oxygen atoms in total. The predicted octanol–water partition coefficient (Wildman–Crippen LogP) is 2.36. The van der Waals surface area contributed by atoms with Gasteiger partial charge in [0.15, 0.2) is 5.13 Å². The standard InChI is InChI=1S/C17H18N4O3S2/c1-12-11-19-17(25-12)20-16(22)14-6-8-21(9-7-14)26(23,24)15-4-2-13(10-18)3-5-15/h2-5,11,14H,6-9H2,1H3,(H,19,20,22). The lowest BCUT2D eigenvalue weighted by molar-refractivity contribution is -0.120. The number of benzene rings is 1. The topological polar surface area (TPSA) is 103 Å². The molecule has 2 aromatic rings. The van der Waals surface area contributed by atoms with E-state index in [1.54, 1.807) is 6.20 Å². The average molecular weight is 390 g/mol. The number of nitriles is 1. The number of amides is 1. The Morgan fingerprint density at radius 3 is 2.50 bits per heavy atom. The van der Waals surface area contributed by atoms with Gasteiger partial charge < -0.3 is 5.32 Å². The molecule has 1 N–H and O–H groups in total. The van der Waals surface area contributed by atoms with Crippen LogP contribution in [0.1, 0.15) is 23.3 Å². The molecule has 0 radical (unpaired) electrons. The molecular formula is C17H18N4O3S2. The Balaban J connectivity index is 1.62. The van der Waals surface area contributed by atoms with Crippen molar-refractivity contribution in [3.8, 4) is 6.07 Å². The molecule has 1 aromatic carbocycles. The van der Waals surface area contributed by atoms with Gasteiger partial charge in [-0.1, -0.05) is 0 Å². The minimum Gasteiger partial charge on any atom is -0.302 e. The average Bonchev–Trinajstić information content (AvgIpc) is 3.06. The van der Waals surface area contributed by atoms with Crippen molar-refractivity contribution in [2.24, 2.45) is 5.92 Å². The van der Waals surface area contributed by atoms with Gasteiger partial charge in [0.2, 0.25) is 15.9 Å². The largest absolute Gasteiger partial charge is 0.302 e. The number of rotatable bonds is 4. The molecule has 1 aliphatic rings. The van der Waals surface area contributed by atoms with Gasteiger partial charge in [0.25, 0.3) is 0 Å². The summed E-state index contributed by atoms with van der Waals surface area (Å²) in [7, 11) is -3.61. The Hall–Kier alpha value is -2.28. The van der Waals surface area contributed by atoms with Gasteiger partial charge in [0.1, 0.15) is 0 Å². The Bertz CT molecular complexity index is 937. The number of aryl methyl sites for hydroxylation is 1. The molecule has 1 fully saturated rings. The van der Waals surface area contributed by atoms with Crippen molar-refractivity contribution in [1.82, 2.24) is 9.29 Å². The zero-order valence-corrected chi connectivity index (χ0v) is 15.8. The molecule has 26 heavy (non-hydrogen) atoms. The van der Waals surface area contributed by atoms with Crippen LogP contribution >= 0.6 is 11.3 Å². The second-order valence-electron chi connectivity index (χ2n) is 6.08. The predicted molar refractivity (Wildman–Crippen MR) is 98.1 cm³/mol. The first-order chi connectivity index (χ1) is 12.4. The molecule has 0 saturated carbocycles. The van der Waals surface area contributed by atoms with E-state index in [9.17, 15) is 13.2 Å². The first-order valence-electron chi connectivity index (χ1n) is 8.14. The maximum Gasteiger partial charge on any atom is 0.243 e. The number of anilines is 1. The van der Waals surface area contributed by atoms with Crippen molar-refractivity contribution in [3.63, 3.8) is 0 Å². The zero-order valence-electron chi connectivity index (χ0n) is 14.2. The lowest BCUT2D eigenvalue weighted by Gasteiger charge is -2.30. The van der Waals surface area contributed by atoms with E-state index in [0.717, 1.165) is 4.88 Å². The maximum atomic E-state index is 12.7. The van der Waals surface area contributed by atoms with Gasteiger partial charge in [-0.15, -0.1) is 11.3 Å². The number of thiazole rings is 1. The monoisotopic (exact) mass is 390 g/mol. The third kappa shape index (κ3) is 3.93. The molecule has 0 unspecified atom stereocenters. The fraction of sp³-hybridized carbons (Fsp3) is 0.353. The Labute approximate surface area is 156 Å². The molecule has 136 valence electrons. The third-order valence-corrected chi connectivity index (χ3v) is 7.04. The van der Waals surface area contributed by atoms with Crippen molar-refractivity contribution in [2.45, 2.75) is 24.7 Å². The van der Waals surface area contributed by atoms with Gasteiger partial charge in [0, 0.05) is 30.1 Å². The van der Waals surface area contributed by atoms with E-state index in [4.69, 9.17) is 5.26 Å². The van der Waals surface area contributed by atoms with E-state index in [-0.39, 0.29) is 29.8 Å². The lowest BCUT2D eigenvalue weighted by Crippen LogP contribution is -2.41. The van der Waals surface area contributed by atoms with Crippen molar-refractivity contribution in [3.05, 3.63) is 40.9 Å². The SMILES string of the molecule is Cc1cnc(NC(=O)C2CCN(S(=O)(=O)c3ccc(C#N)cc3)CC2)s1. The minimum atomic E-state index is -3.61. The van der Waals surface area contributed by atoms with Gasteiger partial charge in [0.05, 0.1) is 16.5 Å². The van der Waals surface area contributed by atoms with Crippen LogP contribution in [-0.4, -0.2) is 36.7 Å². The van der Waals surface area contributed by atoms with Gasteiger partial charge in [-0.2, -0.15) is 9.57 Å². The number of piperidine rings is 1. The van der Waals surface area contributed by atoms with Crippen LogP contribution in [0.3, 0.4) is 0 Å². The fourth-order valence-corrected chi connectivity index (χ4v) is 4.97. The van der Waals surface area contributed by atoms with Gasteiger partial charge in [-0.05, 0) is 44.0 Å². The molecule has 3 rings (SSSR count). The summed E-state index contributed by atoms with van der Waals surface area (Å²) >= 11 is 1.41. The highest BCUT2D eigenvalue weighted by Gasteiger charge is 2.32. The maximum absolute atomic E-state index is 12.7. The van der Waals surface area contributed by atoms with E-state index in [2.05, 4.69) is 10.3 Å². The van der Waals surface area contributed by atoms with Crippen molar-refractivity contribution in [2.75, 3.05) is 18.4 Å². The molecule has 1 saturated heterocycles. The number of nitrogens with zero attached hydrogens (tertiary/aromatic N) is 3. The number of carbonyl (C=O) groups is 1. The van der Waals surface area contributed by atoms with Gasteiger partial charge in [-0.3, -0.25) is 4.79 Å². The smallest absolute Gasteiger partial charge is 0.243 e. The summed E-state index contributed by atoms with van der Waals surface area (Å²) in [4.78, 5) is 17.6. The first kappa shape index (κ1) is 18.5. The summed E-state index contributed by atoms with van der Waals surface area (Å²) in [5, 5.41) is 12.2. The fourth-order valence-electron chi connectivity index (χ4n) is 2.83. The Morgan fingerprint density at radius 1 is 1.31 bits per heavy atom. The minimum absolute atomic E-state index is 0.116. The number of hydrogen-bond acceptors (Lipinski definition) is 6. The van der Waals surface area contributed by atoms with E-state index in [1.165, 1.54) is 39.9 Å². The highest BCUT2D eigenvalue weighted by molar-refractivity contribution is 7.89. The molecule has 1 aromatic heterocycles. The Kier molecular flexibility index (Phi) is 5.36. The van der Waals surface area contributed by atoms with Gasteiger partial charge in [-0.25, -0.2) is 13.4 Å². The molecule has 9 heteroatoms. The molecule has 0 bridgehead atoms. The molecular weight excluding hydrogens is 372 g/mol. The molecule has 2 heterocycles. The first-order valence-corrected chi connectivity index (χ1v) is 10.4. The van der Waals surface area contributed by atoms with Crippen LogP contribution in [0.2, 0.25) is 0 Å². The van der Waals surface area contributed by atoms with Crippen LogP contribution in [-0.2, 0) is 14.8 Å². The quantitative estimate of drug-likeness (QED) is 0.863. The number of carbonyl (C=O) groups excluding carboxylic acids is 1. The molecule has 1 aliphatic heterocycles. The van der Waals surface area contributed by atoms with Crippen molar-refractivity contribution >= 4 is 32.4 Å². The van der Waals surface area contributed by atoms with Crippen molar-refractivity contribution in [1.29, 1.82) is 5.26 Å². The highest BCUT2D eigenvalue weighted by Crippen LogP contribution is 2.26.